The minimum absolute atomic E-state index is 0.0560. The molecule has 3 heteroatoms. The van der Waals surface area contributed by atoms with Gasteiger partial charge in [-0.05, 0) is 25.7 Å². The highest BCUT2D eigenvalue weighted by Gasteiger charge is 2.41. The van der Waals surface area contributed by atoms with Crippen molar-refractivity contribution in [1.82, 2.24) is 0 Å². The van der Waals surface area contributed by atoms with Gasteiger partial charge in [-0.1, -0.05) is 45.3 Å². The first-order valence-corrected chi connectivity index (χ1v) is 7.12. The van der Waals surface area contributed by atoms with E-state index >= 15 is 0 Å². The number of ether oxygens (including phenoxy) is 1. The Morgan fingerprint density at radius 2 is 1.94 bits per heavy atom. The van der Waals surface area contributed by atoms with Gasteiger partial charge < -0.3 is 4.74 Å². The molecule has 0 aliphatic heterocycles. The third-order valence-corrected chi connectivity index (χ3v) is 3.83. The minimum Gasteiger partial charge on any atom is -0.465 e. The van der Waals surface area contributed by atoms with E-state index in [1.165, 1.54) is 12.8 Å². The molecule has 2 nitrogen and oxygen atoms in total. The van der Waals surface area contributed by atoms with Crippen molar-refractivity contribution in [3.05, 3.63) is 0 Å². The van der Waals surface area contributed by atoms with Crippen LogP contribution in [0.25, 0.3) is 0 Å². The van der Waals surface area contributed by atoms with E-state index in [2.05, 4.69) is 6.92 Å². The second-order valence-electron chi connectivity index (χ2n) is 5.22. The van der Waals surface area contributed by atoms with Gasteiger partial charge in [-0.3, -0.25) is 4.79 Å². The summed E-state index contributed by atoms with van der Waals surface area (Å²) in [6, 6.07) is 0. The van der Waals surface area contributed by atoms with Crippen LogP contribution >= 0.6 is 0 Å². The first kappa shape index (κ1) is 14.6. The third-order valence-electron chi connectivity index (χ3n) is 3.83. The van der Waals surface area contributed by atoms with Gasteiger partial charge in [0.15, 0.2) is 0 Å². The van der Waals surface area contributed by atoms with Gasteiger partial charge in [0.05, 0.1) is 19.9 Å². The average molecular weight is 236 g/mol. The molecule has 1 saturated carbocycles. The van der Waals surface area contributed by atoms with Gasteiger partial charge in [-0.2, -0.15) is 0 Å². The Kier molecular flexibility index (Phi) is 6.68. The van der Waals surface area contributed by atoms with Crippen LogP contribution in [0.1, 0.15) is 64.7 Å². The van der Waals surface area contributed by atoms with Crippen molar-refractivity contribution in [1.29, 1.82) is 0 Å². The van der Waals surface area contributed by atoms with E-state index < -0.39 is 0 Å². The Hall–Kier alpha value is -0.465. The highest BCUT2D eigenvalue weighted by molar-refractivity contribution is 6.08. The van der Waals surface area contributed by atoms with E-state index in [0.717, 1.165) is 51.3 Å². The molecule has 17 heavy (non-hydrogen) atoms. The lowest BCUT2D eigenvalue weighted by Crippen LogP contribution is -2.30. The summed E-state index contributed by atoms with van der Waals surface area (Å²) < 4.78 is 5.43. The summed E-state index contributed by atoms with van der Waals surface area (Å²) in [5.41, 5.74) is -0.164. The number of hydrogen-bond acceptors (Lipinski definition) is 2. The molecule has 96 valence electrons. The highest BCUT2D eigenvalue weighted by Crippen LogP contribution is 2.43. The Bertz CT molecular complexity index is 222. The first-order chi connectivity index (χ1) is 8.25. The van der Waals surface area contributed by atoms with Crippen LogP contribution in [0.3, 0.4) is 0 Å². The molecule has 0 amide bonds. The van der Waals surface area contributed by atoms with Crippen LogP contribution in [0, 0.1) is 5.41 Å². The maximum atomic E-state index is 12.2. The molecular weight excluding hydrogens is 211 g/mol. The number of esters is 1. The standard InChI is InChI=1S/C14H25BO2/c1-2-3-12-17-13(16)14(8-4-5-9-14)10-6-7-11-15/h2-12H2,1H3. The maximum Gasteiger partial charge on any atom is 0.312 e. The van der Waals surface area contributed by atoms with Gasteiger partial charge in [0.2, 0.25) is 0 Å². The monoisotopic (exact) mass is 236 g/mol. The van der Waals surface area contributed by atoms with Gasteiger partial charge in [0, 0.05) is 0 Å². The normalized spacial score (nSPS) is 18.2. The van der Waals surface area contributed by atoms with E-state index in [1.807, 2.05) is 0 Å². The Balaban J connectivity index is 2.42. The molecule has 2 radical (unpaired) electrons. The summed E-state index contributed by atoms with van der Waals surface area (Å²) in [5.74, 6) is 0.0560. The number of hydrogen-bond donors (Lipinski definition) is 0. The van der Waals surface area contributed by atoms with E-state index in [1.54, 1.807) is 0 Å². The molecule has 0 aromatic heterocycles. The molecule has 0 bridgehead atoms. The molecule has 0 unspecified atom stereocenters. The fraction of sp³-hybridized carbons (Fsp3) is 0.929. The Labute approximate surface area is 107 Å². The fourth-order valence-electron chi connectivity index (χ4n) is 2.68. The predicted octanol–water partition coefficient (Wildman–Crippen LogP) is 3.65. The van der Waals surface area contributed by atoms with Crippen LogP contribution < -0.4 is 0 Å². The van der Waals surface area contributed by atoms with Crippen LogP contribution in [0.15, 0.2) is 0 Å². The topological polar surface area (TPSA) is 26.3 Å². The number of unbranched alkanes of at least 4 members (excludes halogenated alkanes) is 2. The minimum atomic E-state index is -0.164. The van der Waals surface area contributed by atoms with Crippen molar-refractivity contribution < 1.29 is 9.53 Å². The smallest absolute Gasteiger partial charge is 0.312 e. The molecule has 0 heterocycles. The highest BCUT2D eigenvalue weighted by atomic mass is 16.5. The zero-order chi connectivity index (χ0) is 12.6. The van der Waals surface area contributed by atoms with Crippen molar-refractivity contribution in [2.24, 2.45) is 5.41 Å². The summed E-state index contributed by atoms with van der Waals surface area (Å²) in [5, 5.41) is 0. The van der Waals surface area contributed by atoms with Gasteiger partial charge in [0.25, 0.3) is 0 Å². The second-order valence-corrected chi connectivity index (χ2v) is 5.22. The van der Waals surface area contributed by atoms with Crippen molar-refractivity contribution >= 4 is 13.8 Å². The zero-order valence-electron chi connectivity index (χ0n) is 11.2. The first-order valence-electron chi connectivity index (χ1n) is 7.12. The largest absolute Gasteiger partial charge is 0.465 e. The summed E-state index contributed by atoms with van der Waals surface area (Å²) >= 11 is 0. The summed E-state index contributed by atoms with van der Waals surface area (Å²) in [4.78, 5) is 12.2. The average Bonchev–Trinajstić information content (AvgIpc) is 2.80. The SMILES string of the molecule is [B]CCCCC1(C(=O)OCCCC)CCCC1. The summed E-state index contributed by atoms with van der Waals surface area (Å²) in [7, 11) is 5.51. The molecule has 1 fully saturated rings. The Morgan fingerprint density at radius 3 is 2.53 bits per heavy atom. The number of carbonyl (C=O) groups is 1. The summed E-state index contributed by atoms with van der Waals surface area (Å²) in [6.07, 6.45) is 10.2. The lowest BCUT2D eigenvalue weighted by molar-refractivity contribution is -0.156. The lowest BCUT2D eigenvalue weighted by atomic mass is 9.80. The van der Waals surface area contributed by atoms with E-state index in [-0.39, 0.29) is 11.4 Å². The molecule has 1 rings (SSSR count). The van der Waals surface area contributed by atoms with E-state index in [9.17, 15) is 4.79 Å². The van der Waals surface area contributed by atoms with Gasteiger partial charge in [-0.25, -0.2) is 0 Å². The number of carbonyl (C=O) groups excluding carboxylic acids is 1. The van der Waals surface area contributed by atoms with Gasteiger partial charge in [-0.15, -0.1) is 0 Å². The molecule has 0 aromatic rings. The number of rotatable bonds is 8. The molecule has 0 atom stereocenters. The molecule has 0 saturated heterocycles. The molecular formula is C14H25BO2. The fourth-order valence-corrected chi connectivity index (χ4v) is 2.68. The van der Waals surface area contributed by atoms with Crippen LogP contribution in [0.4, 0.5) is 0 Å². The molecule has 1 aliphatic carbocycles. The van der Waals surface area contributed by atoms with Gasteiger partial charge in [0.1, 0.15) is 0 Å². The maximum absolute atomic E-state index is 12.2. The third kappa shape index (κ3) is 4.36. The van der Waals surface area contributed by atoms with Crippen molar-refractivity contribution in [2.45, 2.75) is 71.0 Å². The van der Waals surface area contributed by atoms with E-state index in [0.29, 0.717) is 6.61 Å². The second kappa shape index (κ2) is 7.78. The van der Waals surface area contributed by atoms with Crippen molar-refractivity contribution in [3.63, 3.8) is 0 Å². The van der Waals surface area contributed by atoms with Crippen LogP contribution in [-0.4, -0.2) is 20.4 Å². The predicted molar refractivity (Wildman–Crippen MR) is 71.2 cm³/mol. The van der Waals surface area contributed by atoms with Gasteiger partial charge >= 0.3 is 5.97 Å². The molecule has 0 N–H and O–H groups in total. The quantitative estimate of drug-likeness (QED) is 0.365. The Morgan fingerprint density at radius 1 is 1.24 bits per heavy atom. The van der Waals surface area contributed by atoms with Crippen LogP contribution in [0.2, 0.25) is 6.32 Å². The molecule has 0 spiro atoms. The van der Waals surface area contributed by atoms with Crippen molar-refractivity contribution in [2.75, 3.05) is 6.61 Å². The summed E-state index contributed by atoms with van der Waals surface area (Å²) in [6.45, 7) is 2.70. The molecule has 0 aromatic carbocycles. The lowest BCUT2D eigenvalue weighted by Gasteiger charge is -2.26. The van der Waals surface area contributed by atoms with Crippen LogP contribution in [-0.2, 0) is 9.53 Å². The zero-order valence-corrected chi connectivity index (χ0v) is 11.2. The van der Waals surface area contributed by atoms with Crippen molar-refractivity contribution in [3.8, 4) is 0 Å². The van der Waals surface area contributed by atoms with Crippen LogP contribution in [0.5, 0.6) is 0 Å². The molecule has 1 aliphatic rings. The van der Waals surface area contributed by atoms with E-state index in [4.69, 9.17) is 12.6 Å².